The van der Waals surface area contributed by atoms with E-state index in [0.717, 1.165) is 12.2 Å². The summed E-state index contributed by atoms with van der Waals surface area (Å²) in [6.45, 7) is 0.826. The van der Waals surface area contributed by atoms with Crippen molar-refractivity contribution >= 4 is 10.0 Å². The maximum absolute atomic E-state index is 11.9. The van der Waals surface area contributed by atoms with Crippen molar-refractivity contribution in [3.63, 3.8) is 0 Å². The van der Waals surface area contributed by atoms with E-state index < -0.39 is 10.0 Å². The summed E-state index contributed by atoms with van der Waals surface area (Å²) in [7, 11) is 0.219. The van der Waals surface area contributed by atoms with Crippen molar-refractivity contribution in [3.8, 4) is 0 Å². The lowest BCUT2D eigenvalue weighted by Crippen LogP contribution is -2.30. The first-order chi connectivity index (χ1) is 7.97. The molecule has 0 aromatic carbocycles. The number of aryl methyl sites for hydroxylation is 1. The van der Waals surface area contributed by atoms with Gasteiger partial charge in [-0.25, -0.2) is 13.4 Å². The Balaban J connectivity index is 2.57. The minimum atomic E-state index is -3.20. The predicted molar refractivity (Wildman–Crippen MR) is 66.8 cm³/mol. The molecule has 0 unspecified atom stereocenters. The summed E-state index contributed by atoms with van der Waals surface area (Å²) in [5, 5.41) is 0. The Labute approximate surface area is 102 Å². The molecule has 0 spiro atoms. The Hall–Kier alpha value is -0.920. The first-order valence-corrected chi connectivity index (χ1v) is 7.18. The monoisotopic (exact) mass is 260 g/mol. The quantitative estimate of drug-likeness (QED) is 0.695. The lowest BCUT2D eigenvalue weighted by molar-refractivity contribution is 0.449. The molecule has 0 bridgehead atoms. The highest BCUT2D eigenvalue weighted by atomic mass is 32.2. The van der Waals surface area contributed by atoms with Crippen LogP contribution in [0.2, 0.25) is 0 Å². The molecule has 0 saturated heterocycles. The van der Waals surface area contributed by atoms with Gasteiger partial charge < -0.3 is 10.3 Å². The van der Waals surface area contributed by atoms with Crippen LogP contribution in [0.15, 0.2) is 12.4 Å². The second-order valence-corrected chi connectivity index (χ2v) is 6.22. The Bertz CT molecular complexity index is 441. The van der Waals surface area contributed by atoms with Crippen molar-refractivity contribution in [3.05, 3.63) is 18.2 Å². The van der Waals surface area contributed by atoms with Crippen LogP contribution in [0.1, 0.15) is 18.7 Å². The van der Waals surface area contributed by atoms with E-state index in [4.69, 9.17) is 5.73 Å². The van der Waals surface area contributed by atoms with E-state index >= 15 is 0 Å². The van der Waals surface area contributed by atoms with Crippen LogP contribution in [-0.2, 0) is 23.6 Å². The molecule has 0 aliphatic carbocycles. The number of nitrogens with two attached hydrogens (primary N) is 1. The van der Waals surface area contributed by atoms with Crippen LogP contribution in [0.3, 0.4) is 0 Å². The highest BCUT2D eigenvalue weighted by Gasteiger charge is 2.18. The highest BCUT2D eigenvalue weighted by molar-refractivity contribution is 7.89. The van der Waals surface area contributed by atoms with Gasteiger partial charge in [0.05, 0.1) is 12.3 Å². The Morgan fingerprint density at radius 1 is 1.47 bits per heavy atom. The maximum Gasteiger partial charge on any atom is 0.214 e. The zero-order valence-electron chi connectivity index (χ0n) is 10.3. The van der Waals surface area contributed by atoms with Gasteiger partial charge in [-0.3, -0.25) is 0 Å². The van der Waals surface area contributed by atoms with E-state index in [9.17, 15) is 8.42 Å². The molecule has 17 heavy (non-hydrogen) atoms. The molecule has 7 heteroatoms. The van der Waals surface area contributed by atoms with Gasteiger partial charge in [0.25, 0.3) is 0 Å². The van der Waals surface area contributed by atoms with Gasteiger partial charge >= 0.3 is 0 Å². The fourth-order valence-electron chi connectivity index (χ4n) is 1.43. The summed E-state index contributed by atoms with van der Waals surface area (Å²) in [6.07, 6.45) is 4.79. The number of imidazole rings is 1. The fraction of sp³-hybridized carbons (Fsp3) is 0.700. The van der Waals surface area contributed by atoms with E-state index in [-0.39, 0.29) is 5.75 Å². The second kappa shape index (κ2) is 6.13. The number of unbranched alkanes of at least 4 members (excludes halogenated alkanes) is 1. The normalized spacial score (nSPS) is 12.2. The standard InChI is InChI=1S/C10H20N4O2S/c1-13-7-6-12-10(13)9-14(2)17(15,16)8-4-3-5-11/h6-7H,3-5,8-9,11H2,1-2H3. The van der Waals surface area contributed by atoms with Gasteiger partial charge in [-0.2, -0.15) is 4.31 Å². The average Bonchev–Trinajstić information content (AvgIpc) is 2.64. The molecule has 0 fully saturated rings. The molecule has 0 radical (unpaired) electrons. The molecule has 98 valence electrons. The van der Waals surface area contributed by atoms with Crippen LogP contribution < -0.4 is 5.73 Å². The molecule has 0 atom stereocenters. The van der Waals surface area contributed by atoms with Gasteiger partial charge in [0, 0.05) is 26.5 Å². The summed E-state index contributed by atoms with van der Waals surface area (Å²) >= 11 is 0. The topological polar surface area (TPSA) is 81.2 Å². The Morgan fingerprint density at radius 3 is 2.71 bits per heavy atom. The fourth-order valence-corrected chi connectivity index (χ4v) is 2.62. The van der Waals surface area contributed by atoms with Crippen molar-refractivity contribution in [2.45, 2.75) is 19.4 Å². The lowest BCUT2D eigenvalue weighted by Gasteiger charge is -2.16. The third-order valence-corrected chi connectivity index (χ3v) is 4.50. The lowest BCUT2D eigenvalue weighted by atomic mass is 10.3. The van der Waals surface area contributed by atoms with Gasteiger partial charge in [-0.1, -0.05) is 0 Å². The Kier molecular flexibility index (Phi) is 5.10. The molecule has 1 aromatic heterocycles. The van der Waals surface area contributed by atoms with Crippen molar-refractivity contribution in [2.24, 2.45) is 12.8 Å². The van der Waals surface area contributed by atoms with Crippen molar-refractivity contribution in [1.29, 1.82) is 0 Å². The van der Waals surface area contributed by atoms with Crippen LogP contribution >= 0.6 is 0 Å². The molecule has 0 saturated carbocycles. The highest BCUT2D eigenvalue weighted by Crippen LogP contribution is 2.07. The minimum Gasteiger partial charge on any atom is -0.337 e. The predicted octanol–water partition coefficient (Wildman–Crippen LogP) is -0.0794. The number of hydrogen-bond acceptors (Lipinski definition) is 4. The molecule has 1 heterocycles. The molecule has 0 amide bonds. The number of sulfonamides is 1. The van der Waals surface area contributed by atoms with Crippen LogP contribution in [0.5, 0.6) is 0 Å². The first kappa shape index (κ1) is 14.1. The summed E-state index contributed by atoms with van der Waals surface area (Å²) in [6, 6.07) is 0. The minimum absolute atomic E-state index is 0.144. The smallest absolute Gasteiger partial charge is 0.214 e. The van der Waals surface area contributed by atoms with Gasteiger partial charge in [-0.05, 0) is 19.4 Å². The summed E-state index contributed by atoms with van der Waals surface area (Å²) < 4.78 is 26.9. The van der Waals surface area contributed by atoms with E-state index in [1.807, 2.05) is 11.6 Å². The van der Waals surface area contributed by atoms with E-state index in [1.54, 1.807) is 19.4 Å². The molecular formula is C10H20N4O2S. The third kappa shape index (κ3) is 4.10. The van der Waals surface area contributed by atoms with Crippen molar-refractivity contribution in [1.82, 2.24) is 13.9 Å². The number of hydrogen-bond donors (Lipinski definition) is 1. The zero-order chi connectivity index (χ0) is 12.9. The number of nitrogens with zero attached hydrogens (tertiary/aromatic N) is 3. The molecule has 1 aromatic rings. The molecule has 0 aliphatic heterocycles. The molecule has 1 rings (SSSR count). The number of rotatable bonds is 7. The van der Waals surface area contributed by atoms with E-state index in [2.05, 4.69) is 4.98 Å². The van der Waals surface area contributed by atoms with Crippen LogP contribution in [-0.4, -0.2) is 41.6 Å². The third-order valence-electron chi connectivity index (χ3n) is 2.62. The Morgan fingerprint density at radius 2 is 2.18 bits per heavy atom. The maximum atomic E-state index is 11.9. The molecule has 0 aliphatic rings. The van der Waals surface area contributed by atoms with Crippen molar-refractivity contribution < 1.29 is 8.42 Å². The molecule has 2 N–H and O–H groups in total. The van der Waals surface area contributed by atoms with Crippen LogP contribution in [0.4, 0.5) is 0 Å². The molecule has 6 nitrogen and oxygen atoms in total. The van der Waals surface area contributed by atoms with E-state index in [0.29, 0.717) is 19.5 Å². The van der Waals surface area contributed by atoms with E-state index in [1.165, 1.54) is 4.31 Å². The zero-order valence-corrected chi connectivity index (χ0v) is 11.2. The average molecular weight is 260 g/mol. The summed E-state index contributed by atoms with van der Waals surface area (Å²) in [5.41, 5.74) is 5.34. The largest absolute Gasteiger partial charge is 0.337 e. The van der Waals surface area contributed by atoms with Crippen LogP contribution in [0.25, 0.3) is 0 Å². The first-order valence-electron chi connectivity index (χ1n) is 5.57. The van der Waals surface area contributed by atoms with Gasteiger partial charge in [-0.15, -0.1) is 0 Å². The van der Waals surface area contributed by atoms with Crippen molar-refractivity contribution in [2.75, 3.05) is 19.3 Å². The van der Waals surface area contributed by atoms with Crippen LogP contribution in [0, 0.1) is 0 Å². The number of aromatic nitrogens is 2. The second-order valence-electron chi connectivity index (χ2n) is 4.02. The van der Waals surface area contributed by atoms with Gasteiger partial charge in [0.15, 0.2) is 0 Å². The van der Waals surface area contributed by atoms with Gasteiger partial charge in [0.2, 0.25) is 10.0 Å². The summed E-state index contributed by atoms with van der Waals surface area (Å²) in [4.78, 5) is 4.10. The molecular weight excluding hydrogens is 240 g/mol. The SMILES string of the molecule is CN(Cc1nccn1C)S(=O)(=O)CCCCN. The summed E-state index contributed by atoms with van der Waals surface area (Å²) in [5.74, 6) is 0.875. The van der Waals surface area contributed by atoms with Gasteiger partial charge in [0.1, 0.15) is 5.82 Å².